The van der Waals surface area contributed by atoms with Gasteiger partial charge < -0.3 is 14.1 Å². The van der Waals surface area contributed by atoms with Crippen molar-refractivity contribution in [2.75, 3.05) is 25.1 Å². The largest absolute Gasteiger partial charge is 0.493 e. The van der Waals surface area contributed by atoms with Gasteiger partial charge in [-0.05, 0) is 43.9 Å². The molecule has 0 amide bonds. The third-order valence-electron chi connectivity index (χ3n) is 6.10. The Bertz CT molecular complexity index is 1270. The third kappa shape index (κ3) is 2.90. The number of nitrogens with zero attached hydrogens (tertiary/aromatic N) is 2. The summed E-state index contributed by atoms with van der Waals surface area (Å²) in [6.07, 6.45) is 3.56. The lowest BCUT2D eigenvalue weighted by molar-refractivity contribution is 0.412. The normalized spacial score (nSPS) is 14.2. The highest BCUT2D eigenvalue weighted by molar-refractivity contribution is 6.15. The Labute approximate surface area is 176 Å². The van der Waals surface area contributed by atoms with Gasteiger partial charge in [-0.25, -0.2) is 0 Å². The summed E-state index contributed by atoms with van der Waals surface area (Å²) in [5.41, 5.74) is 6.45. The number of piperidine rings is 1. The van der Waals surface area contributed by atoms with Gasteiger partial charge in [-0.1, -0.05) is 42.0 Å². The van der Waals surface area contributed by atoms with E-state index in [1.165, 1.54) is 12.0 Å². The van der Waals surface area contributed by atoms with Crippen LogP contribution in [0.2, 0.25) is 0 Å². The molecule has 0 bridgehead atoms. The summed E-state index contributed by atoms with van der Waals surface area (Å²) in [7, 11) is 1.65. The zero-order chi connectivity index (χ0) is 20.7. The minimum absolute atomic E-state index is 0.682. The second kappa shape index (κ2) is 7.42. The maximum absolute atomic E-state index is 10.2. The molecule has 1 aliphatic heterocycles. The number of nitriles is 1. The number of hydrogen-bond donors (Lipinski definition) is 0. The highest BCUT2D eigenvalue weighted by atomic mass is 16.5. The summed E-state index contributed by atoms with van der Waals surface area (Å²) in [5.74, 6) is 0.682. The number of aryl methyl sites for hydroxylation is 1. The van der Waals surface area contributed by atoms with Crippen LogP contribution < -0.4 is 9.64 Å². The Kier molecular flexibility index (Phi) is 4.59. The van der Waals surface area contributed by atoms with E-state index in [1.807, 2.05) is 18.2 Å². The number of anilines is 1. The van der Waals surface area contributed by atoms with E-state index in [9.17, 15) is 5.26 Å². The maximum Gasteiger partial charge on any atom is 0.177 e. The second-order valence-corrected chi connectivity index (χ2v) is 7.99. The zero-order valence-electron chi connectivity index (χ0n) is 17.4. The van der Waals surface area contributed by atoms with E-state index >= 15 is 0 Å². The van der Waals surface area contributed by atoms with Crippen LogP contribution in [0, 0.1) is 18.3 Å². The molecule has 2 heterocycles. The van der Waals surface area contributed by atoms with Gasteiger partial charge in [0.2, 0.25) is 0 Å². The fourth-order valence-electron chi connectivity index (χ4n) is 4.54. The van der Waals surface area contributed by atoms with E-state index in [2.05, 4.69) is 48.2 Å². The van der Waals surface area contributed by atoms with E-state index < -0.39 is 0 Å². The Morgan fingerprint density at radius 3 is 2.47 bits per heavy atom. The molecule has 4 heteroatoms. The zero-order valence-corrected chi connectivity index (χ0v) is 17.4. The van der Waals surface area contributed by atoms with Crippen LogP contribution in [0.4, 0.5) is 5.69 Å². The average molecular weight is 396 g/mol. The standard InChI is InChI=1S/C26H24N2O2/c1-17-9-11-18(12-10-17)20-15-22(28-13-4-3-5-14-28)21(16-27)24-19-7-6-8-23(29-2)25(19)30-26(20)24/h6-12,15H,3-5,13-14H2,1-2H3. The van der Waals surface area contributed by atoms with Gasteiger partial charge in [0.25, 0.3) is 0 Å². The van der Waals surface area contributed by atoms with Gasteiger partial charge in [-0.3, -0.25) is 0 Å². The van der Waals surface area contributed by atoms with E-state index in [0.29, 0.717) is 16.9 Å². The van der Waals surface area contributed by atoms with Crippen molar-refractivity contribution >= 4 is 27.6 Å². The van der Waals surface area contributed by atoms with E-state index in [-0.39, 0.29) is 0 Å². The number of methoxy groups -OCH3 is 1. The van der Waals surface area contributed by atoms with E-state index in [4.69, 9.17) is 9.15 Å². The molecule has 3 aromatic carbocycles. The fraction of sp³-hybridized carbons (Fsp3) is 0.269. The summed E-state index contributed by atoms with van der Waals surface area (Å²) in [5, 5.41) is 12.0. The van der Waals surface area contributed by atoms with Crippen LogP contribution in [0.5, 0.6) is 5.75 Å². The summed E-state index contributed by atoms with van der Waals surface area (Å²) in [4.78, 5) is 2.36. The molecule has 0 spiro atoms. The number of rotatable bonds is 3. The smallest absolute Gasteiger partial charge is 0.177 e. The number of hydrogen-bond acceptors (Lipinski definition) is 4. The van der Waals surface area contributed by atoms with Crippen molar-refractivity contribution in [1.29, 1.82) is 5.26 Å². The van der Waals surface area contributed by atoms with E-state index in [0.717, 1.165) is 59.1 Å². The van der Waals surface area contributed by atoms with Gasteiger partial charge in [-0.15, -0.1) is 0 Å². The van der Waals surface area contributed by atoms with Crippen LogP contribution in [-0.2, 0) is 0 Å². The Hall–Kier alpha value is -3.45. The monoisotopic (exact) mass is 396 g/mol. The third-order valence-corrected chi connectivity index (χ3v) is 6.10. The van der Waals surface area contributed by atoms with Crippen molar-refractivity contribution in [3.8, 4) is 22.9 Å². The van der Waals surface area contributed by atoms with Gasteiger partial charge in [0.05, 0.1) is 18.4 Å². The predicted octanol–water partition coefficient (Wildman–Crippen LogP) is 6.43. The molecular weight excluding hydrogens is 372 g/mol. The number of ether oxygens (including phenoxy) is 1. The molecule has 1 aliphatic rings. The van der Waals surface area contributed by atoms with Gasteiger partial charge in [0.15, 0.2) is 11.3 Å². The predicted molar refractivity (Wildman–Crippen MR) is 121 cm³/mol. The molecule has 1 fully saturated rings. The topological polar surface area (TPSA) is 49.4 Å². The summed E-state index contributed by atoms with van der Waals surface area (Å²) >= 11 is 0. The van der Waals surface area contributed by atoms with Crippen LogP contribution in [0.3, 0.4) is 0 Å². The molecule has 0 N–H and O–H groups in total. The summed E-state index contributed by atoms with van der Waals surface area (Å²) < 4.78 is 11.9. The molecule has 1 saturated heterocycles. The Morgan fingerprint density at radius 2 is 1.77 bits per heavy atom. The lowest BCUT2D eigenvalue weighted by Crippen LogP contribution is -2.30. The quantitative estimate of drug-likeness (QED) is 0.400. The molecular formula is C26H24N2O2. The molecule has 0 saturated carbocycles. The molecule has 30 heavy (non-hydrogen) atoms. The first-order valence-electron chi connectivity index (χ1n) is 10.5. The van der Waals surface area contributed by atoms with Gasteiger partial charge in [0.1, 0.15) is 11.7 Å². The van der Waals surface area contributed by atoms with Crippen molar-refractivity contribution in [3.63, 3.8) is 0 Å². The van der Waals surface area contributed by atoms with Crippen molar-refractivity contribution in [1.82, 2.24) is 0 Å². The molecule has 4 nitrogen and oxygen atoms in total. The van der Waals surface area contributed by atoms with Crippen LogP contribution in [-0.4, -0.2) is 20.2 Å². The average Bonchev–Trinajstić information content (AvgIpc) is 3.19. The fourth-order valence-corrected chi connectivity index (χ4v) is 4.54. The Morgan fingerprint density at radius 1 is 1.00 bits per heavy atom. The van der Waals surface area contributed by atoms with Crippen LogP contribution in [0.1, 0.15) is 30.4 Å². The van der Waals surface area contributed by atoms with Crippen molar-refractivity contribution < 1.29 is 9.15 Å². The lowest BCUT2D eigenvalue weighted by Gasteiger charge is -2.30. The molecule has 0 aliphatic carbocycles. The molecule has 1 aromatic heterocycles. The number of fused-ring (bicyclic) bond motifs is 3. The molecule has 0 atom stereocenters. The van der Waals surface area contributed by atoms with Gasteiger partial charge >= 0.3 is 0 Å². The SMILES string of the molecule is COc1cccc2c1oc1c(-c3ccc(C)cc3)cc(N3CCCCC3)c(C#N)c12. The maximum atomic E-state index is 10.2. The molecule has 4 aromatic rings. The number of para-hydroxylation sites is 1. The van der Waals surface area contributed by atoms with Crippen LogP contribution in [0.25, 0.3) is 33.1 Å². The van der Waals surface area contributed by atoms with Crippen molar-refractivity contribution in [3.05, 3.63) is 59.7 Å². The Balaban J connectivity index is 1.89. The van der Waals surface area contributed by atoms with E-state index in [1.54, 1.807) is 7.11 Å². The van der Waals surface area contributed by atoms with Crippen LogP contribution in [0.15, 0.2) is 52.9 Å². The number of furan rings is 1. The molecule has 150 valence electrons. The first-order chi connectivity index (χ1) is 14.7. The highest BCUT2D eigenvalue weighted by Crippen LogP contribution is 2.44. The molecule has 0 unspecified atom stereocenters. The first kappa shape index (κ1) is 18.6. The lowest BCUT2D eigenvalue weighted by atomic mass is 9.95. The van der Waals surface area contributed by atoms with Gasteiger partial charge in [0, 0.05) is 29.4 Å². The van der Waals surface area contributed by atoms with Crippen LogP contribution >= 0.6 is 0 Å². The van der Waals surface area contributed by atoms with Gasteiger partial charge in [-0.2, -0.15) is 5.26 Å². The summed E-state index contributed by atoms with van der Waals surface area (Å²) in [6.45, 7) is 4.04. The number of benzene rings is 3. The minimum atomic E-state index is 0.682. The van der Waals surface area contributed by atoms with Crippen molar-refractivity contribution in [2.24, 2.45) is 0 Å². The molecule has 5 rings (SSSR count). The minimum Gasteiger partial charge on any atom is -0.493 e. The second-order valence-electron chi connectivity index (χ2n) is 7.99. The highest BCUT2D eigenvalue weighted by Gasteiger charge is 2.24. The first-order valence-corrected chi connectivity index (χ1v) is 10.5. The summed E-state index contributed by atoms with van der Waals surface area (Å²) in [6, 6.07) is 19.0. The molecule has 0 radical (unpaired) electrons. The van der Waals surface area contributed by atoms with Crippen molar-refractivity contribution in [2.45, 2.75) is 26.2 Å².